The molecule has 3 fully saturated rings. The SMILES string of the molecule is CC[C@H]1OC(=O)[C@H](C)C(=O)[C@H](C)[C@@H](O[C@@H]2O[C@H](C)C[C@H](N(C)C)[C@H]2O)[C@@]2(C)C[C@@H](C)C(=O)[C@H](C)[C@H](OC/C(=N\OCc3ccc(-c4ccno4)nc3)CO2)[C@]1(C)O. The lowest BCUT2D eigenvalue weighted by Crippen LogP contribution is -2.60. The molecule has 3 aliphatic rings. The summed E-state index contributed by atoms with van der Waals surface area (Å²) in [5.74, 6) is -4.97. The molecular formula is C41H60N4O12. The number of pyridine rings is 1. The molecule has 0 spiro atoms. The second-order valence-corrected chi connectivity index (χ2v) is 16.6. The lowest BCUT2D eigenvalue weighted by Gasteiger charge is -2.47. The fourth-order valence-corrected chi connectivity index (χ4v) is 8.40. The zero-order valence-electron chi connectivity index (χ0n) is 34.7. The number of carbonyl (C=O) groups excluding carboxylic acids is 3. The normalized spacial score (nSPS) is 38.3. The summed E-state index contributed by atoms with van der Waals surface area (Å²) in [6.07, 6.45) is -2.16. The Bertz CT molecular complexity index is 1700. The molecule has 0 unspecified atom stereocenters. The third kappa shape index (κ3) is 9.98. The van der Waals surface area contributed by atoms with Gasteiger partial charge in [-0.2, -0.15) is 0 Å². The summed E-state index contributed by atoms with van der Waals surface area (Å²) < 4.78 is 37.1. The maximum atomic E-state index is 14.4. The summed E-state index contributed by atoms with van der Waals surface area (Å²) in [5.41, 5.74) is -1.73. The van der Waals surface area contributed by atoms with Gasteiger partial charge in [0, 0.05) is 41.6 Å². The van der Waals surface area contributed by atoms with Crippen molar-refractivity contribution in [1.29, 1.82) is 0 Å². The summed E-state index contributed by atoms with van der Waals surface area (Å²) in [6, 6.07) is 4.96. The fraction of sp³-hybridized carbons (Fsp3) is 0.707. The lowest BCUT2D eigenvalue weighted by molar-refractivity contribution is -0.296. The average Bonchev–Trinajstić information content (AvgIpc) is 3.72. The second-order valence-electron chi connectivity index (χ2n) is 16.6. The maximum Gasteiger partial charge on any atom is 0.316 e. The number of esters is 1. The molecular weight excluding hydrogens is 740 g/mol. The molecule has 5 rings (SSSR count). The van der Waals surface area contributed by atoms with E-state index in [-0.39, 0.29) is 56.3 Å². The van der Waals surface area contributed by atoms with Crippen molar-refractivity contribution < 1.29 is 57.6 Å². The van der Waals surface area contributed by atoms with Crippen LogP contribution in [0.25, 0.3) is 11.5 Å². The lowest BCUT2D eigenvalue weighted by atomic mass is 9.74. The van der Waals surface area contributed by atoms with Crippen molar-refractivity contribution in [3.05, 3.63) is 36.2 Å². The molecule has 16 heteroatoms. The van der Waals surface area contributed by atoms with Crippen LogP contribution in [0.1, 0.15) is 80.2 Å². The zero-order valence-corrected chi connectivity index (χ0v) is 34.7. The van der Waals surface area contributed by atoms with Gasteiger partial charge in [-0.05, 0) is 67.1 Å². The Hall–Kier alpha value is -3.64. The number of aromatic nitrogens is 2. The summed E-state index contributed by atoms with van der Waals surface area (Å²) in [4.78, 5) is 54.6. The van der Waals surface area contributed by atoms with Gasteiger partial charge in [-0.1, -0.05) is 44.1 Å². The van der Waals surface area contributed by atoms with E-state index in [1.165, 1.54) is 20.0 Å². The Morgan fingerprint density at radius 1 is 1.02 bits per heavy atom. The maximum absolute atomic E-state index is 14.4. The molecule has 2 aromatic rings. The number of fused-ring (bicyclic) bond motifs is 5. The molecule has 16 nitrogen and oxygen atoms in total. The van der Waals surface area contributed by atoms with Gasteiger partial charge >= 0.3 is 5.97 Å². The number of ether oxygens (including phenoxy) is 5. The monoisotopic (exact) mass is 800 g/mol. The predicted octanol–water partition coefficient (Wildman–Crippen LogP) is 3.75. The standard InChI is InChI=1S/C41H60N4O12/c1-11-32-41(8,50)37-24(4)33(46)22(2)17-40(7,52-21-28(20-51-37)44-53-19-27-12-13-29(42-18-27)31-14-15-43-57-31)36(25(5)34(47)26(6)38(49)55-32)56-39-35(48)30(45(9)10)16-23(3)54-39/h12-15,18,22-26,30,32,35-37,39,48,50H,11,16-17,19-21H2,1-10H3/b44-28+/t22-,23-,24+,25+,26-,30+,32-,35-,36-,37+,39+,40-,41-/m1/s1. The van der Waals surface area contributed by atoms with Crippen molar-refractivity contribution in [1.82, 2.24) is 15.0 Å². The van der Waals surface area contributed by atoms with Crippen LogP contribution in [0.3, 0.4) is 0 Å². The molecule has 0 aliphatic carbocycles. The number of likely N-dealkylation sites (N-methyl/N-ethyl adjacent to an activating group) is 1. The molecule has 5 heterocycles. The van der Waals surface area contributed by atoms with Crippen LogP contribution in [0, 0.1) is 23.7 Å². The molecule has 0 aromatic carbocycles. The summed E-state index contributed by atoms with van der Waals surface area (Å²) in [7, 11) is 3.72. The van der Waals surface area contributed by atoms with E-state index in [4.69, 9.17) is 33.0 Å². The quantitative estimate of drug-likeness (QED) is 0.222. The van der Waals surface area contributed by atoms with Crippen LogP contribution >= 0.6 is 0 Å². The fourth-order valence-electron chi connectivity index (χ4n) is 8.40. The Kier molecular flexibility index (Phi) is 14.4. The third-order valence-electron chi connectivity index (χ3n) is 11.7. The topological polar surface area (TPSA) is 202 Å². The summed E-state index contributed by atoms with van der Waals surface area (Å²) in [5, 5.41) is 31.9. The van der Waals surface area contributed by atoms with Crippen LogP contribution in [0.2, 0.25) is 0 Å². The van der Waals surface area contributed by atoms with Gasteiger partial charge in [0.05, 0.1) is 43.3 Å². The number of nitrogens with zero attached hydrogens (tertiary/aromatic N) is 4. The van der Waals surface area contributed by atoms with E-state index in [0.717, 1.165) is 0 Å². The van der Waals surface area contributed by atoms with Gasteiger partial charge in [0.2, 0.25) is 0 Å². The highest BCUT2D eigenvalue weighted by Crippen LogP contribution is 2.39. The van der Waals surface area contributed by atoms with Crippen LogP contribution in [-0.4, -0.2) is 130 Å². The molecule has 0 saturated carbocycles. The van der Waals surface area contributed by atoms with Gasteiger partial charge in [0.25, 0.3) is 0 Å². The second kappa shape index (κ2) is 18.5. The highest BCUT2D eigenvalue weighted by Gasteiger charge is 2.53. The van der Waals surface area contributed by atoms with E-state index >= 15 is 0 Å². The number of aliphatic hydroxyl groups is 2. The molecule has 2 bridgehead atoms. The third-order valence-corrected chi connectivity index (χ3v) is 11.7. The molecule has 3 saturated heterocycles. The van der Waals surface area contributed by atoms with Crippen molar-refractivity contribution >= 4 is 23.2 Å². The number of rotatable bonds is 8. The first-order valence-electron chi connectivity index (χ1n) is 19.8. The average molecular weight is 801 g/mol. The minimum absolute atomic E-state index is 0.0304. The number of oxime groups is 1. The van der Waals surface area contributed by atoms with Crippen LogP contribution < -0.4 is 0 Å². The Balaban J connectivity index is 1.57. The van der Waals surface area contributed by atoms with E-state index in [0.29, 0.717) is 23.4 Å². The van der Waals surface area contributed by atoms with E-state index in [9.17, 15) is 24.6 Å². The highest BCUT2D eigenvalue weighted by molar-refractivity contribution is 6.00. The van der Waals surface area contributed by atoms with Crippen LogP contribution in [-0.2, 0) is 49.5 Å². The first kappa shape index (κ1) is 44.5. The van der Waals surface area contributed by atoms with Crippen molar-refractivity contribution in [2.24, 2.45) is 28.8 Å². The number of Topliss-reactive ketones (excluding diaryl/α,β-unsaturated/α-hetero) is 2. The summed E-state index contributed by atoms with van der Waals surface area (Å²) >= 11 is 0. The molecule has 13 atom stereocenters. The van der Waals surface area contributed by atoms with Crippen LogP contribution in [0.15, 0.2) is 40.3 Å². The van der Waals surface area contributed by atoms with E-state index in [2.05, 4.69) is 15.3 Å². The molecule has 57 heavy (non-hydrogen) atoms. The minimum atomic E-state index is -1.88. The first-order valence-corrected chi connectivity index (χ1v) is 19.8. The molecule has 316 valence electrons. The van der Waals surface area contributed by atoms with Crippen molar-refractivity contribution in [2.45, 2.75) is 135 Å². The van der Waals surface area contributed by atoms with Crippen molar-refractivity contribution in [3.63, 3.8) is 0 Å². The predicted molar refractivity (Wildman–Crippen MR) is 205 cm³/mol. The number of cyclic esters (lactones) is 1. The largest absolute Gasteiger partial charge is 0.459 e. The zero-order chi connectivity index (χ0) is 41.8. The van der Waals surface area contributed by atoms with Crippen LogP contribution in [0.4, 0.5) is 0 Å². The summed E-state index contributed by atoms with van der Waals surface area (Å²) in [6.45, 7) is 12.9. The van der Waals surface area contributed by atoms with Gasteiger partial charge in [0.1, 0.15) is 47.5 Å². The number of hydrogen-bond acceptors (Lipinski definition) is 16. The Morgan fingerprint density at radius 2 is 1.75 bits per heavy atom. The van der Waals surface area contributed by atoms with Gasteiger partial charge in [0.15, 0.2) is 17.8 Å². The number of hydrogen-bond donors (Lipinski definition) is 2. The van der Waals surface area contributed by atoms with E-state index in [1.54, 1.807) is 52.9 Å². The number of carbonyl (C=O) groups is 3. The molecule has 3 aliphatic heterocycles. The number of ketones is 2. The smallest absolute Gasteiger partial charge is 0.316 e. The molecule has 2 N–H and O–H groups in total. The first-order chi connectivity index (χ1) is 26.9. The van der Waals surface area contributed by atoms with Gasteiger partial charge in [-0.3, -0.25) is 19.4 Å². The highest BCUT2D eigenvalue weighted by atomic mass is 16.7. The molecule has 2 aromatic heterocycles. The van der Waals surface area contributed by atoms with Gasteiger partial charge in [-0.25, -0.2) is 0 Å². The number of aliphatic hydroxyl groups excluding tert-OH is 1. The van der Waals surface area contributed by atoms with Crippen molar-refractivity contribution in [2.75, 3.05) is 27.3 Å². The van der Waals surface area contributed by atoms with Gasteiger partial charge in [-0.15, -0.1) is 0 Å². The minimum Gasteiger partial charge on any atom is -0.459 e. The van der Waals surface area contributed by atoms with E-state index in [1.807, 2.05) is 32.0 Å². The van der Waals surface area contributed by atoms with Gasteiger partial charge < -0.3 is 48.2 Å². The Labute approximate surface area is 334 Å². The van der Waals surface area contributed by atoms with Crippen molar-refractivity contribution in [3.8, 4) is 11.5 Å². The van der Waals surface area contributed by atoms with E-state index < -0.39 is 77.3 Å². The molecule has 0 amide bonds. The Morgan fingerprint density at radius 3 is 2.39 bits per heavy atom. The van der Waals surface area contributed by atoms with Crippen LogP contribution in [0.5, 0.6) is 0 Å². The molecule has 0 radical (unpaired) electrons.